The lowest BCUT2D eigenvalue weighted by atomic mass is 10.1. The Balaban J connectivity index is 4.48. The summed E-state index contributed by atoms with van der Waals surface area (Å²) in [5, 5.41) is 13.5. The van der Waals surface area contributed by atoms with Crippen molar-refractivity contribution >= 4 is 13.7 Å². The molecule has 0 radical (unpaired) electrons. The lowest BCUT2D eigenvalue weighted by molar-refractivity contribution is -0.123. The number of allylic oxidation sites excluding steroid dienone is 7. The number of carbonyl (C=O) groups excluding carboxylic acids is 1. The van der Waals surface area contributed by atoms with E-state index in [1.807, 2.05) is 6.08 Å². The molecule has 0 saturated carbocycles. The molecule has 8 nitrogen and oxygen atoms in total. The van der Waals surface area contributed by atoms with Crippen molar-refractivity contribution in [2.24, 2.45) is 5.73 Å². The molecule has 0 fully saturated rings. The van der Waals surface area contributed by atoms with Crippen LogP contribution < -0.4 is 11.1 Å². The van der Waals surface area contributed by atoms with Crippen LogP contribution in [0.5, 0.6) is 0 Å². The highest BCUT2D eigenvalue weighted by atomic mass is 31.2. The zero-order valence-electron chi connectivity index (χ0n) is 28.6. The Bertz CT molecular complexity index is 845. The third-order valence-electron chi connectivity index (χ3n) is 7.35. The Morgan fingerprint density at radius 2 is 1.20 bits per heavy atom. The highest BCUT2D eigenvalue weighted by molar-refractivity contribution is 7.47. The van der Waals surface area contributed by atoms with Gasteiger partial charge in [-0.3, -0.25) is 13.8 Å². The van der Waals surface area contributed by atoms with Crippen molar-refractivity contribution in [2.45, 2.75) is 154 Å². The van der Waals surface area contributed by atoms with Crippen LogP contribution in [0.3, 0.4) is 0 Å². The van der Waals surface area contributed by atoms with E-state index in [0.29, 0.717) is 6.42 Å². The molecule has 0 aliphatic rings. The average Bonchev–Trinajstić information content (AvgIpc) is 3.02. The number of aliphatic hydroxyl groups is 1. The third kappa shape index (κ3) is 30.9. The van der Waals surface area contributed by atoms with Crippen LogP contribution in [0.2, 0.25) is 0 Å². The van der Waals surface area contributed by atoms with Crippen LogP contribution >= 0.6 is 7.82 Å². The van der Waals surface area contributed by atoms with Gasteiger partial charge in [-0.25, -0.2) is 4.57 Å². The molecule has 0 bridgehead atoms. The summed E-state index contributed by atoms with van der Waals surface area (Å²) in [5.74, 6) is -0.223. The van der Waals surface area contributed by atoms with E-state index in [1.165, 1.54) is 51.4 Å². The van der Waals surface area contributed by atoms with E-state index in [-0.39, 0.29) is 25.7 Å². The minimum atomic E-state index is -4.34. The molecule has 0 aromatic heterocycles. The lowest BCUT2D eigenvalue weighted by Crippen LogP contribution is -2.45. The van der Waals surface area contributed by atoms with Gasteiger partial charge in [0.1, 0.15) is 0 Å². The molecule has 0 aromatic carbocycles. The summed E-state index contributed by atoms with van der Waals surface area (Å²) in [7, 11) is -4.34. The molecule has 3 atom stereocenters. The van der Waals surface area contributed by atoms with Gasteiger partial charge in [0, 0.05) is 13.0 Å². The molecule has 0 rings (SSSR count). The molecule has 0 aliphatic carbocycles. The summed E-state index contributed by atoms with van der Waals surface area (Å²) in [6.45, 7) is 4.01. The highest BCUT2D eigenvalue weighted by Gasteiger charge is 2.26. The molecular weight excluding hydrogens is 587 g/mol. The number of carbonyl (C=O) groups is 1. The molecule has 1 amide bonds. The van der Waals surface area contributed by atoms with Crippen LogP contribution in [0.4, 0.5) is 0 Å². The number of amides is 1. The number of hydrogen-bond acceptors (Lipinski definition) is 6. The largest absolute Gasteiger partial charge is 0.472 e. The second-order valence-corrected chi connectivity index (χ2v) is 13.2. The van der Waals surface area contributed by atoms with E-state index in [2.05, 4.69) is 55.6 Å². The van der Waals surface area contributed by atoms with Gasteiger partial charge in [0.05, 0.1) is 25.4 Å². The van der Waals surface area contributed by atoms with E-state index in [4.69, 9.17) is 14.8 Å². The molecule has 5 N–H and O–H groups in total. The Kier molecular flexibility index (Phi) is 31.3. The third-order valence-corrected chi connectivity index (χ3v) is 8.34. The predicted octanol–water partition coefficient (Wildman–Crippen LogP) is 8.99. The van der Waals surface area contributed by atoms with Crippen molar-refractivity contribution in [1.29, 1.82) is 0 Å². The van der Waals surface area contributed by atoms with Crippen molar-refractivity contribution in [1.82, 2.24) is 5.32 Å². The fourth-order valence-corrected chi connectivity index (χ4v) is 5.37. The first kappa shape index (κ1) is 43.5. The van der Waals surface area contributed by atoms with Gasteiger partial charge in [-0.2, -0.15) is 0 Å². The van der Waals surface area contributed by atoms with Gasteiger partial charge in [0.15, 0.2) is 0 Å². The Labute approximate surface area is 275 Å². The van der Waals surface area contributed by atoms with E-state index in [0.717, 1.165) is 70.6 Å². The number of rotatable bonds is 32. The van der Waals surface area contributed by atoms with Crippen molar-refractivity contribution in [3.8, 4) is 0 Å². The second-order valence-electron chi connectivity index (χ2n) is 11.7. The molecule has 3 unspecified atom stereocenters. The zero-order chi connectivity index (χ0) is 33.3. The van der Waals surface area contributed by atoms with Gasteiger partial charge < -0.3 is 21.1 Å². The summed E-state index contributed by atoms with van der Waals surface area (Å²) in [6.07, 6.45) is 37.3. The molecule has 0 spiro atoms. The molecule has 0 aromatic rings. The van der Waals surface area contributed by atoms with Crippen LogP contribution in [-0.4, -0.2) is 47.8 Å². The number of unbranched alkanes of at least 4 members (excludes halogenated alkanes) is 14. The average molecular weight is 655 g/mol. The van der Waals surface area contributed by atoms with Crippen molar-refractivity contribution in [3.05, 3.63) is 48.6 Å². The zero-order valence-corrected chi connectivity index (χ0v) is 29.5. The molecule has 262 valence electrons. The van der Waals surface area contributed by atoms with Crippen LogP contribution in [0, 0.1) is 0 Å². The minimum absolute atomic E-state index is 0.0689. The van der Waals surface area contributed by atoms with Crippen LogP contribution in [0.15, 0.2) is 48.6 Å². The van der Waals surface area contributed by atoms with Gasteiger partial charge >= 0.3 is 7.82 Å². The van der Waals surface area contributed by atoms with E-state index in [9.17, 15) is 19.4 Å². The van der Waals surface area contributed by atoms with Crippen molar-refractivity contribution < 1.29 is 28.4 Å². The molecule has 0 heterocycles. The first-order chi connectivity index (χ1) is 21.9. The lowest BCUT2D eigenvalue weighted by Gasteiger charge is -2.23. The monoisotopic (exact) mass is 654 g/mol. The van der Waals surface area contributed by atoms with Crippen molar-refractivity contribution in [3.63, 3.8) is 0 Å². The standard InChI is InChI=1S/C36H67N2O6P/c1-3-5-7-9-11-13-15-16-17-18-20-21-23-25-27-29-35(39)34(33-44-45(41,42)43-32-31-37)38-36(40)30-28-26-24-22-19-14-12-10-8-6-4-2/h10,12,15-16,20-21,27,29,34-35,39H,3-9,11,13-14,17-19,22-26,28,30-33,37H2,1-2H3,(H,38,40)(H,41,42)/b12-10-,16-15+,21-20+,29-27+. The van der Waals surface area contributed by atoms with Crippen LogP contribution in [0.1, 0.15) is 142 Å². The quantitative estimate of drug-likeness (QED) is 0.0323. The first-order valence-electron chi connectivity index (χ1n) is 17.8. The van der Waals surface area contributed by atoms with Crippen LogP contribution in [-0.2, 0) is 18.4 Å². The Hall–Kier alpha value is -1.54. The number of phosphoric acid groups is 1. The fourth-order valence-electron chi connectivity index (χ4n) is 4.61. The maximum Gasteiger partial charge on any atom is 0.472 e. The second kappa shape index (κ2) is 32.4. The topological polar surface area (TPSA) is 131 Å². The minimum Gasteiger partial charge on any atom is -0.387 e. The highest BCUT2D eigenvalue weighted by Crippen LogP contribution is 2.43. The van der Waals surface area contributed by atoms with Gasteiger partial charge in [0.25, 0.3) is 0 Å². The summed E-state index contributed by atoms with van der Waals surface area (Å²) in [5.41, 5.74) is 5.34. The molecule has 0 aliphatic heterocycles. The fraction of sp³-hybridized carbons (Fsp3) is 0.750. The van der Waals surface area contributed by atoms with Gasteiger partial charge in [-0.1, -0.05) is 120 Å². The Morgan fingerprint density at radius 1 is 0.711 bits per heavy atom. The molecule has 9 heteroatoms. The predicted molar refractivity (Wildman–Crippen MR) is 189 cm³/mol. The summed E-state index contributed by atoms with van der Waals surface area (Å²) in [4.78, 5) is 22.5. The number of hydrogen-bond donors (Lipinski definition) is 4. The summed E-state index contributed by atoms with van der Waals surface area (Å²) >= 11 is 0. The van der Waals surface area contributed by atoms with Gasteiger partial charge in [-0.05, 0) is 64.2 Å². The molecule has 0 saturated heterocycles. The maximum atomic E-state index is 12.6. The number of aliphatic hydroxyl groups excluding tert-OH is 1. The Morgan fingerprint density at radius 3 is 1.78 bits per heavy atom. The van der Waals surface area contributed by atoms with E-state index < -0.39 is 20.0 Å². The maximum absolute atomic E-state index is 12.6. The van der Waals surface area contributed by atoms with Gasteiger partial charge in [0.2, 0.25) is 5.91 Å². The normalized spacial score (nSPS) is 15.0. The summed E-state index contributed by atoms with van der Waals surface area (Å²) in [6, 6.07) is -0.885. The van der Waals surface area contributed by atoms with Crippen LogP contribution in [0.25, 0.3) is 0 Å². The molecule has 45 heavy (non-hydrogen) atoms. The number of nitrogens with two attached hydrogens (primary N) is 1. The van der Waals surface area contributed by atoms with E-state index in [1.54, 1.807) is 6.08 Å². The summed E-state index contributed by atoms with van der Waals surface area (Å²) < 4.78 is 21.9. The number of phosphoric ester groups is 1. The van der Waals surface area contributed by atoms with Crippen molar-refractivity contribution in [2.75, 3.05) is 19.8 Å². The SMILES string of the molecule is CCCC/C=C\CCCCCCCC(=O)NC(COP(=O)(O)OCCN)C(O)/C=C/CC/C=C/CC/C=C/CCCCCCC. The van der Waals surface area contributed by atoms with Gasteiger partial charge in [-0.15, -0.1) is 0 Å². The molecular formula is C36H67N2O6P. The number of nitrogens with one attached hydrogen (secondary N) is 1. The smallest absolute Gasteiger partial charge is 0.387 e. The first-order valence-corrected chi connectivity index (χ1v) is 19.3. The van der Waals surface area contributed by atoms with E-state index >= 15 is 0 Å².